The van der Waals surface area contributed by atoms with E-state index in [9.17, 15) is 9.18 Å². The Bertz CT molecular complexity index is 430. The lowest BCUT2D eigenvalue weighted by Crippen LogP contribution is -2.19. The number of ether oxygens (including phenoxy) is 2. The summed E-state index contributed by atoms with van der Waals surface area (Å²) in [5.41, 5.74) is 0.0460. The van der Waals surface area contributed by atoms with Crippen LogP contribution in [0.15, 0.2) is 12.1 Å². The van der Waals surface area contributed by atoms with Gasteiger partial charge < -0.3 is 14.6 Å². The molecule has 86 valence electrons. The van der Waals surface area contributed by atoms with Gasteiger partial charge in [0, 0.05) is 5.56 Å². The summed E-state index contributed by atoms with van der Waals surface area (Å²) >= 11 is 0. The van der Waals surface area contributed by atoms with Crippen molar-refractivity contribution in [1.82, 2.24) is 0 Å². The summed E-state index contributed by atoms with van der Waals surface area (Å²) in [6, 6.07) is 2.64. The molecule has 0 saturated carbocycles. The number of halogens is 1. The summed E-state index contributed by atoms with van der Waals surface area (Å²) < 4.78 is 24.1. The molecular weight excluding hydrogens is 215 g/mol. The van der Waals surface area contributed by atoms with Gasteiger partial charge in [0.05, 0.1) is 5.92 Å². The van der Waals surface area contributed by atoms with Crippen LogP contribution in [-0.4, -0.2) is 24.3 Å². The van der Waals surface area contributed by atoms with Crippen LogP contribution >= 0.6 is 0 Å². The van der Waals surface area contributed by atoms with Crippen molar-refractivity contribution in [3.63, 3.8) is 0 Å². The Labute approximate surface area is 91.6 Å². The number of carboxylic acid groups (broad SMARTS) is 1. The molecule has 1 aromatic rings. The van der Waals surface area contributed by atoms with Gasteiger partial charge in [-0.1, -0.05) is 0 Å². The summed E-state index contributed by atoms with van der Waals surface area (Å²) in [5, 5.41) is 8.90. The second kappa shape index (κ2) is 4.00. The fraction of sp³-hybridized carbons (Fsp3) is 0.364. The molecule has 1 aromatic carbocycles. The number of fused-ring (bicyclic) bond motifs is 1. The van der Waals surface area contributed by atoms with Gasteiger partial charge in [0.1, 0.15) is 19.0 Å². The Morgan fingerprint density at radius 2 is 2.12 bits per heavy atom. The average molecular weight is 226 g/mol. The minimum Gasteiger partial charge on any atom is -0.486 e. The van der Waals surface area contributed by atoms with Crippen molar-refractivity contribution in [2.45, 2.75) is 12.8 Å². The monoisotopic (exact) mass is 226 g/mol. The number of hydrogen-bond acceptors (Lipinski definition) is 3. The number of aliphatic carboxylic acids is 1. The summed E-state index contributed by atoms with van der Waals surface area (Å²) in [6.07, 6.45) is 0. The Balaban J connectivity index is 2.53. The Kier molecular flexibility index (Phi) is 2.68. The van der Waals surface area contributed by atoms with Crippen LogP contribution in [0.2, 0.25) is 0 Å². The first kappa shape index (κ1) is 10.7. The van der Waals surface area contributed by atoms with E-state index in [1.807, 2.05) is 0 Å². The third-order valence-electron chi connectivity index (χ3n) is 2.50. The first-order valence-electron chi connectivity index (χ1n) is 4.92. The zero-order valence-corrected chi connectivity index (χ0v) is 8.70. The van der Waals surface area contributed by atoms with Gasteiger partial charge in [0.2, 0.25) is 0 Å². The minimum atomic E-state index is -1.10. The van der Waals surface area contributed by atoms with E-state index in [2.05, 4.69) is 0 Å². The standard InChI is InChI=1S/C11H11FO4/c1-6(11(13)14)9-7(12)2-3-8-10(9)16-5-4-15-8/h2-3,6H,4-5H2,1H3,(H,13,14). The zero-order valence-electron chi connectivity index (χ0n) is 8.70. The van der Waals surface area contributed by atoms with Crippen molar-refractivity contribution >= 4 is 5.97 Å². The summed E-state index contributed by atoms with van der Waals surface area (Å²) in [6.45, 7) is 2.11. The lowest BCUT2D eigenvalue weighted by molar-refractivity contribution is -0.138. The first-order chi connectivity index (χ1) is 7.61. The summed E-state index contributed by atoms with van der Waals surface area (Å²) in [4.78, 5) is 10.9. The summed E-state index contributed by atoms with van der Waals surface area (Å²) in [7, 11) is 0. The molecule has 0 aliphatic carbocycles. The van der Waals surface area contributed by atoms with E-state index >= 15 is 0 Å². The maximum atomic E-state index is 13.6. The highest BCUT2D eigenvalue weighted by Gasteiger charge is 2.27. The van der Waals surface area contributed by atoms with Crippen LogP contribution in [0.25, 0.3) is 0 Å². The van der Waals surface area contributed by atoms with Gasteiger partial charge in [0.15, 0.2) is 11.5 Å². The van der Waals surface area contributed by atoms with Crippen molar-refractivity contribution < 1.29 is 23.8 Å². The van der Waals surface area contributed by atoms with E-state index < -0.39 is 17.7 Å². The quantitative estimate of drug-likeness (QED) is 0.835. The van der Waals surface area contributed by atoms with E-state index in [1.165, 1.54) is 19.1 Å². The fourth-order valence-electron chi connectivity index (χ4n) is 1.64. The molecular formula is C11H11FO4. The van der Waals surface area contributed by atoms with Gasteiger partial charge in [-0.2, -0.15) is 0 Å². The van der Waals surface area contributed by atoms with Crippen LogP contribution in [0.3, 0.4) is 0 Å². The SMILES string of the molecule is CC(C(=O)O)c1c(F)ccc2c1OCCO2. The van der Waals surface area contributed by atoms with Gasteiger partial charge in [0.25, 0.3) is 0 Å². The molecule has 0 bridgehead atoms. The summed E-state index contributed by atoms with van der Waals surface area (Å²) in [5.74, 6) is -2.03. The molecule has 2 rings (SSSR count). The van der Waals surface area contributed by atoms with Gasteiger partial charge in [-0.25, -0.2) is 4.39 Å². The van der Waals surface area contributed by atoms with Crippen LogP contribution in [0.4, 0.5) is 4.39 Å². The van der Waals surface area contributed by atoms with Gasteiger partial charge >= 0.3 is 5.97 Å². The predicted octanol–water partition coefficient (Wildman–Crippen LogP) is 1.79. The topological polar surface area (TPSA) is 55.8 Å². The molecule has 16 heavy (non-hydrogen) atoms. The van der Waals surface area contributed by atoms with E-state index in [4.69, 9.17) is 14.6 Å². The molecule has 0 aromatic heterocycles. The molecule has 0 spiro atoms. The molecule has 1 aliphatic heterocycles. The van der Waals surface area contributed by atoms with Gasteiger partial charge in [-0.15, -0.1) is 0 Å². The third-order valence-corrected chi connectivity index (χ3v) is 2.50. The second-order valence-corrected chi connectivity index (χ2v) is 3.55. The van der Waals surface area contributed by atoms with E-state index in [-0.39, 0.29) is 11.3 Å². The van der Waals surface area contributed by atoms with Crippen molar-refractivity contribution in [3.8, 4) is 11.5 Å². The number of carboxylic acids is 1. The molecule has 1 heterocycles. The molecule has 1 aliphatic rings. The Morgan fingerprint density at radius 1 is 1.44 bits per heavy atom. The molecule has 1 N–H and O–H groups in total. The number of rotatable bonds is 2. The van der Waals surface area contributed by atoms with Crippen molar-refractivity contribution in [2.75, 3.05) is 13.2 Å². The van der Waals surface area contributed by atoms with E-state index in [1.54, 1.807) is 0 Å². The molecule has 1 atom stereocenters. The average Bonchev–Trinajstić information content (AvgIpc) is 2.28. The number of carbonyl (C=O) groups is 1. The maximum Gasteiger partial charge on any atom is 0.310 e. The van der Waals surface area contributed by atoms with Crippen molar-refractivity contribution in [2.24, 2.45) is 0 Å². The normalized spacial score (nSPS) is 15.6. The highest BCUT2D eigenvalue weighted by molar-refractivity contribution is 5.77. The highest BCUT2D eigenvalue weighted by atomic mass is 19.1. The number of benzene rings is 1. The van der Waals surface area contributed by atoms with Gasteiger partial charge in [-0.05, 0) is 19.1 Å². The minimum absolute atomic E-state index is 0.0460. The predicted molar refractivity (Wildman–Crippen MR) is 53.4 cm³/mol. The van der Waals surface area contributed by atoms with E-state index in [0.717, 1.165) is 0 Å². The highest BCUT2D eigenvalue weighted by Crippen LogP contribution is 2.39. The van der Waals surface area contributed by atoms with Crippen LogP contribution in [0, 0.1) is 5.82 Å². The smallest absolute Gasteiger partial charge is 0.310 e. The van der Waals surface area contributed by atoms with Crippen LogP contribution in [-0.2, 0) is 4.79 Å². The molecule has 1 unspecified atom stereocenters. The molecule has 5 heteroatoms. The molecule has 4 nitrogen and oxygen atoms in total. The maximum absolute atomic E-state index is 13.6. The fourth-order valence-corrected chi connectivity index (χ4v) is 1.64. The Morgan fingerprint density at radius 3 is 2.81 bits per heavy atom. The molecule has 0 saturated heterocycles. The number of hydrogen-bond donors (Lipinski definition) is 1. The van der Waals surface area contributed by atoms with Crippen LogP contribution in [0.5, 0.6) is 11.5 Å². The van der Waals surface area contributed by atoms with Crippen molar-refractivity contribution in [1.29, 1.82) is 0 Å². The van der Waals surface area contributed by atoms with Crippen LogP contribution in [0.1, 0.15) is 18.4 Å². The second-order valence-electron chi connectivity index (χ2n) is 3.55. The van der Waals surface area contributed by atoms with Crippen LogP contribution < -0.4 is 9.47 Å². The lowest BCUT2D eigenvalue weighted by atomic mass is 9.99. The molecule has 0 radical (unpaired) electrons. The lowest BCUT2D eigenvalue weighted by Gasteiger charge is -2.22. The zero-order chi connectivity index (χ0) is 11.7. The Hall–Kier alpha value is -1.78. The largest absolute Gasteiger partial charge is 0.486 e. The third kappa shape index (κ3) is 1.68. The molecule has 0 fully saturated rings. The van der Waals surface area contributed by atoms with Gasteiger partial charge in [-0.3, -0.25) is 4.79 Å². The first-order valence-corrected chi connectivity index (χ1v) is 4.92. The molecule has 0 amide bonds. The van der Waals surface area contributed by atoms with Crippen molar-refractivity contribution in [3.05, 3.63) is 23.5 Å². The van der Waals surface area contributed by atoms with E-state index in [0.29, 0.717) is 19.0 Å².